The van der Waals surface area contributed by atoms with Crippen molar-refractivity contribution in [2.24, 2.45) is 0 Å². The maximum Gasteiger partial charge on any atom is 0.151 e. The van der Waals surface area contributed by atoms with Gasteiger partial charge in [-0.25, -0.2) is 22.8 Å². The number of fused-ring (bicyclic) bond motifs is 1. The molecule has 0 amide bonds. The van der Waals surface area contributed by atoms with Crippen molar-refractivity contribution < 1.29 is 12.8 Å². The van der Waals surface area contributed by atoms with Gasteiger partial charge in [0.05, 0.1) is 17.0 Å². The summed E-state index contributed by atoms with van der Waals surface area (Å²) in [7, 11) is -2.86. The molecular weight excluding hydrogens is 331 g/mol. The van der Waals surface area contributed by atoms with Crippen LogP contribution in [0.25, 0.3) is 10.9 Å². The summed E-state index contributed by atoms with van der Waals surface area (Å²) in [6.45, 7) is 3.08. The van der Waals surface area contributed by atoms with E-state index in [1.54, 1.807) is 6.07 Å². The van der Waals surface area contributed by atoms with E-state index in [0.717, 1.165) is 49.3 Å². The third-order valence-corrected chi connectivity index (χ3v) is 6.67. The summed E-state index contributed by atoms with van der Waals surface area (Å²) in [5.41, 5.74) is 0.728. The highest BCUT2D eigenvalue weighted by molar-refractivity contribution is 7.91. The average Bonchev–Trinajstić information content (AvgIpc) is 2.94. The van der Waals surface area contributed by atoms with Crippen molar-refractivity contribution in [1.29, 1.82) is 0 Å². The van der Waals surface area contributed by atoms with Crippen molar-refractivity contribution in [1.82, 2.24) is 14.9 Å². The molecule has 6 nitrogen and oxygen atoms in total. The van der Waals surface area contributed by atoms with Gasteiger partial charge in [-0.2, -0.15) is 0 Å². The molecule has 0 aliphatic carbocycles. The van der Waals surface area contributed by atoms with Crippen molar-refractivity contribution in [3.8, 4) is 0 Å². The van der Waals surface area contributed by atoms with Crippen molar-refractivity contribution in [2.75, 3.05) is 42.6 Å². The van der Waals surface area contributed by atoms with Crippen LogP contribution < -0.4 is 4.90 Å². The minimum Gasteiger partial charge on any atom is -0.353 e. The largest absolute Gasteiger partial charge is 0.353 e. The third kappa shape index (κ3) is 2.95. The van der Waals surface area contributed by atoms with Crippen molar-refractivity contribution in [2.45, 2.75) is 12.5 Å². The molecule has 0 N–H and O–H groups in total. The number of hydrogen-bond acceptors (Lipinski definition) is 6. The number of rotatable bonds is 2. The summed E-state index contributed by atoms with van der Waals surface area (Å²) in [5, 5.41) is 0.717. The Morgan fingerprint density at radius 2 is 1.92 bits per heavy atom. The van der Waals surface area contributed by atoms with Gasteiger partial charge >= 0.3 is 0 Å². The number of benzene rings is 1. The molecule has 2 fully saturated rings. The van der Waals surface area contributed by atoms with Crippen LogP contribution in [0.4, 0.5) is 10.2 Å². The molecule has 2 saturated heterocycles. The fourth-order valence-electron chi connectivity index (χ4n) is 3.63. The van der Waals surface area contributed by atoms with E-state index < -0.39 is 9.84 Å². The summed E-state index contributed by atoms with van der Waals surface area (Å²) in [6.07, 6.45) is 2.23. The Hall–Kier alpha value is -1.80. The number of nitrogens with zero attached hydrogens (tertiary/aromatic N) is 4. The van der Waals surface area contributed by atoms with Crippen LogP contribution in [-0.2, 0) is 9.84 Å². The quantitative estimate of drug-likeness (QED) is 0.807. The van der Waals surface area contributed by atoms with E-state index in [9.17, 15) is 12.8 Å². The fourth-order valence-corrected chi connectivity index (χ4v) is 5.39. The molecule has 0 radical (unpaired) electrons. The minimum absolute atomic E-state index is 0.136. The predicted octanol–water partition coefficient (Wildman–Crippen LogP) is 1.08. The molecule has 0 saturated carbocycles. The lowest BCUT2D eigenvalue weighted by atomic mass is 10.1. The normalized spacial score (nSPS) is 24.5. The molecule has 24 heavy (non-hydrogen) atoms. The molecule has 128 valence electrons. The number of sulfone groups is 1. The lowest BCUT2D eigenvalue weighted by molar-refractivity contribution is 0.200. The number of anilines is 1. The maximum atomic E-state index is 13.6. The first-order valence-corrected chi connectivity index (χ1v) is 9.94. The Balaban J connectivity index is 1.51. The monoisotopic (exact) mass is 350 g/mol. The number of piperazine rings is 1. The molecule has 8 heteroatoms. The van der Waals surface area contributed by atoms with Gasteiger partial charge in [0.25, 0.3) is 0 Å². The van der Waals surface area contributed by atoms with Crippen LogP contribution in [-0.4, -0.2) is 67.0 Å². The first-order chi connectivity index (χ1) is 11.5. The van der Waals surface area contributed by atoms with Gasteiger partial charge in [-0.05, 0) is 24.6 Å². The van der Waals surface area contributed by atoms with E-state index in [1.165, 1.54) is 18.5 Å². The van der Waals surface area contributed by atoms with Gasteiger partial charge in [0.15, 0.2) is 9.84 Å². The number of halogens is 1. The summed E-state index contributed by atoms with van der Waals surface area (Å²) >= 11 is 0. The van der Waals surface area contributed by atoms with E-state index in [4.69, 9.17) is 0 Å². The second-order valence-corrected chi connectivity index (χ2v) is 8.67. The van der Waals surface area contributed by atoms with Crippen LogP contribution >= 0.6 is 0 Å². The second kappa shape index (κ2) is 5.93. The topological polar surface area (TPSA) is 66.4 Å². The standard InChI is InChI=1S/C16H19FN4O2S/c17-12-1-2-15-14(9-12)16(19-11-18-15)21-6-4-20(5-7-21)13-3-8-24(22,23)10-13/h1-2,9,11,13H,3-8,10H2. The molecule has 1 aromatic heterocycles. The highest BCUT2D eigenvalue weighted by Gasteiger charge is 2.34. The number of aromatic nitrogens is 2. The van der Waals surface area contributed by atoms with E-state index >= 15 is 0 Å². The lowest BCUT2D eigenvalue weighted by Gasteiger charge is -2.38. The summed E-state index contributed by atoms with van der Waals surface area (Å²) in [5.74, 6) is 1.02. The maximum absolute atomic E-state index is 13.6. The van der Waals surface area contributed by atoms with Crippen molar-refractivity contribution in [3.63, 3.8) is 0 Å². The second-order valence-electron chi connectivity index (χ2n) is 6.44. The van der Waals surface area contributed by atoms with Crippen LogP contribution in [0.3, 0.4) is 0 Å². The van der Waals surface area contributed by atoms with E-state index in [0.29, 0.717) is 5.75 Å². The average molecular weight is 350 g/mol. The zero-order chi connectivity index (χ0) is 16.7. The Morgan fingerprint density at radius 1 is 1.12 bits per heavy atom. The third-order valence-electron chi connectivity index (χ3n) is 4.91. The molecule has 1 atom stereocenters. The summed E-state index contributed by atoms with van der Waals surface area (Å²) < 4.78 is 36.9. The van der Waals surface area contributed by atoms with E-state index in [1.807, 2.05) is 0 Å². The van der Waals surface area contributed by atoms with Crippen LogP contribution in [0.15, 0.2) is 24.5 Å². The Labute approximate surface area is 140 Å². The predicted molar refractivity (Wildman–Crippen MR) is 90.3 cm³/mol. The molecule has 2 aliphatic heterocycles. The van der Waals surface area contributed by atoms with Crippen LogP contribution in [0, 0.1) is 5.82 Å². The smallest absolute Gasteiger partial charge is 0.151 e. The molecule has 0 bridgehead atoms. The molecular formula is C16H19FN4O2S. The van der Waals surface area contributed by atoms with Gasteiger partial charge in [-0.15, -0.1) is 0 Å². The molecule has 3 heterocycles. The highest BCUT2D eigenvalue weighted by atomic mass is 32.2. The summed E-state index contributed by atoms with van der Waals surface area (Å²) in [4.78, 5) is 12.9. The lowest BCUT2D eigenvalue weighted by Crippen LogP contribution is -2.51. The van der Waals surface area contributed by atoms with Crippen molar-refractivity contribution >= 4 is 26.6 Å². The SMILES string of the molecule is O=S1(=O)CCC(N2CCN(c3ncnc4ccc(F)cc34)CC2)C1. The first-order valence-electron chi connectivity index (χ1n) is 8.11. The minimum atomic E-state index is -2.86. The molecule has 4 rings (SSSR count). The molecule has 0 spiro atoms. The van der Waals surface area contributed by atoms with E-state index in [-0.39, 0.29) is 17.6 Å². The highest BCUT2D eigenvalue weighted by Crippen LogP contribution is 2.26. The zero-order valence-corrected chi connectivity index (χ0v) is 14.0. The molecule has 2 aromatic rings. The summed E-state index contributed by atoms with van der Waals surface area (Å²) in [6, 6.07) is 4.67. The van der Waals surface area contributed by atoms with Crippen LogP contribution in [0.2, 0.25) is 0 Å². The Bertz CT molecular complexity index is 866. The van der Waals surface area contributed by atoms with Crippen molar-refractivity contribution in [3.05, 3.63) is 30.3 Å². The van der Waals surface area contributed by atoms with Gasteiger partial charge < -0.3 is 4.90 Å². The van der Waals surface area contributed by atoms with Gasteiger partial charge in [0, 0.05) is 37.6 Å². The first kappa shape index (κ1) is 15.7. The zero-order valence-electron chi connectivity index (χ0n) is 13.2. The van der Waals surface area contributed by atoms with Gasteiger partial charge in [0.2, 0.25) is 0 Å². The Morgan fingerprint density at radius 3 is 2.62 bits per heavy atom. The number of hydrogen-bond donors (Lipinski definition) is 0. The van der Waals surface area contributed by atoms with E-state index in [2.05, 4.69) is 19.8 Å². The van der Waals surface area contributed by atoms with Gasteiger partial charge in [-0.3, -0.25) is 4.90 Å². The van der Waals surface area contributed by atoms with Crippen LogP contribution in [0.5, 0.6) is 0 Å². The van der Waals surface area contributed by atoms with Gasteiger partial charge in [-0.1, -0.05) is 0 Å². The van der Waals surface area contributed by atoms with Gasteiger partial charge in [0.1, 0.15) is 18.0 Å². The molecule has 1 aromatic carbocycles. The Kier molecular flexibility index (Phi) is 3.88. The van der Waals surface area contributed by atoms with Crippen LogP contribution in [0.1, 0.15) is 6.42 Å². The molecule has 1 unspecified atom stereocenters. The molecule has 2 aliphatic rings. The fraction of sp³-hybridized carbons (Fsp3) is 0.500.